The van der Waals surface area contributed by atoms with E-state index in [1.165, 1.54) is 19.2 Å². The number of methoxy groups -OCH3 is 1. The molecule has 0 aromatic heterocycles. The first-order chi connectivity index (χ1) is 9.69. The number of ether oxygens (including phenoxy) is 1. The summed E-state index contributed by atoms with van der Waals surface area (Å²) in [6, 6.07) is 4.50. The minimum absolute atomic E-state index is 0.112. The van der Waals surface area contributed by atoms with E-state index in [1.54, 1.807) is 6.07 Å². The highest BCUT2D eigenvalue weighted by molar-refractivity contribution is 7.89. The molecule has 0 unspecified atom stereocenters. The van der Waals surface area contributed by atoms with E-state index in [2.05, 4.69) is 32.4 Å². The number of hydrogen-bond donors (Lipinski definition) is 1. The molecule has 1 aromatic rings. The van der Waals surface area contributed by atoms with Gasteiger partial charge in [0.25, 0.3) is 0 Å². The zero-order valence-electron chi connectivity index (χ0n) is 13.2. The maximum Gasteiger partial charge on any atom is 0.244 e. The third-order valence-corrected chi connectivity index (χ3v) is 5.33. The molecule has 0 atom stereocenters. The fourth-order valence-corrected chi connectivity index (χ4v) is 3.77. The van der Waals surface area contributed by atoms with Crippen molar-refractivity contribution in [2.45, 2.75) is 32.6 Å². The summed E-state index contributed by atoms with van der Waals surface area (Å²) < 4.78 is 32.7. The highest BCUT2D eigenvalue weighted by Gasteiger charge is 2.23. The molecule has 0 radical (unpaired) electrons. The summed E-state index contributed by atoms with van der Waals surface area (Å²) in [6.45, 7) is 8.80. The van der Waals surface area contributed by atoms with Crippen molar-refractivity contribution >= 4 is 21.6 Å². The van der Waals surface area contributed by atoms with E-state index in [0.29, 0.717) is 23.4 Å². The van der Waals surface area contributed by atoms with Crippen LogP contribution in [0.4, 0.5) is 0 Å². The molecule has 0 amide bonds. The summed E-state index contributed by atoms with van der Waals surface area (Å²) in [5, 5.41) is 0.438. The highest BCUT2D eigenvalue weighted by atomic mass is 35.5. The van der Waals surface area contributed by atoms with Gasteiger partial charge in [0.2, 0.25) is 10.0 Å². The summed E-state index contributed by atoms with van der Waals surface area (Å²) in [4.78, 5) is 0.112. The Balaban J connectivity index is 2.97. The highest BCUT2D eigenvalue weighted by Crippen LogP contribution is 2.27. The van der Waals surface area contributed by atoms with Crippen molar-refractivity contribution in [3.8, 4) is 5.75 Å². The second-order valence-corrected chi connectivity index (χ2v) is 7.97. The lowest BCUT2D eigenvalue weighted by Crippen LogP contribution is -2.34. The number of benzene rings is 1. The number of sulfonamides is 1. The van der Waals surface area contributed by atoms with Gasteiger partial charge < -0.3 is 4.74 Å². The maximum atomic E-state index is 12.4. The molecule has 0 saturated heterocycles. The lowest BCUT2D eigenvalue weighted by atomic mass is 9.86. The summed E-state index contributed by atoms with van der Waals surface area (Å²) in [5.41, 5.74) is 0. The monoisotopic (exact) mass is 333 g/mol. The Morgan fingerprint density at radius 2 is 1.76 bits per heavy atom. The molecular weight excluding hydrogens is 310 g/mol. The zero-order valence-corrected chi connectivity index (χ0v) is 14.8. The smallest absolute Gasteiger partial charge is 0.244 e. The summed E-state index contributed by atoms with van der Waals surface area (Å²) in [7, 11) is -2.19. The first-order valence-electron chi connectivity index (χ1n) is 7.02. The lowest BCUT2D eigenvalue weighted by Gasteiger charge is -2.25. The van der Waals surface area contributed by atoms with E-state index >= 15 is 0 Å². The first kappa shape index (κ1) is 18.3. The quantitative estimate of drug-likeness (QED) is 0.830. The normalized spacial score (nSPS) is 12.4. The molecule has 0 spiro atoms. The van der Waals surface area contributed by atoms with Crippen LogP contribution in [0.25, 0.3) is 0 Å². The SMILES string of the molecule is COc1cc(Cl)ccc1S(=O)(=O)NCC(C(C)C)C(C)C. The van der Waals surface area contributed by atoms with Gasteiger partial charge in [0.05, 0.1) is 7.11 Å². The molecule has 0 aliphatic rings. The van der Waals surface area contributed by atoms with E-state index in [0.717, 1.165) is 0 Å². The Labute approximate surface area is 132 Å². The average molecular weight is 334 g/mol. The van der Waals surface area contributed by atoms with Crippen molar-refractivity contribution in [2.24, 2.45) is 17.8 Å². The molecule has 0 aliphatic carbocycles. The number of halogens is 1. The van der Waals surface area contributed by atoms with Crippen LogP contribution in [0.1, 0.15) is 27.7 Å². The van der Waals surface area contributed by atoms with Crippen molar-refractivity contribution in [2.75, 3.05) is 13.7 Å². The number of rotatable bonds is 7. The summed E-state index contributed by atoms with van der Waals surface area (Å²) >= 11 is 5.86. The molecule has 0 bridgehead atoms. The molecule has 1 aromatic carbocycles. The lowest BCUT2D eigenvalue weighted by molar-refractivity contribution is 0.289. The molecule has 6 heteroatoms. The maximum absolute atomic E-state index is 12.4. The van der Waals surface area contributed by atoms with Gasteiger partial charge in [-0.15, -0.1) is 0 Å². The van der Waals surface area contributed by atoms with E-state index < -0.39 is 10.0 Å². The van der Waals surface area contributed by atoms with Crippen molar-refractivity contribution in [1.29, 1.82) is 0 Å². The first-order valence-corrected chi connectivity index (χ1v) is 8.88. The molecule has 21 heavy (non-hydrogen) atoms. The third-order valence-electron chi connectivity index (χ3n) is 3.64. The van der Waals surface area contributed by atoms with Crippen molar-refractivity contribution < 1.29 is 13.2 Å². The fraction of sp³-hybridized carbons (Fsp3) is 0.600. The predicted molar refractivity (Wildman–Crippen MR) is 86.4 cm³/mol. The second-order valence-electron chi connectivity index (χ2n) is 5.80. The van der Waals surface area contributed by atoms with Crippen LogP contribution in [0.5, 0.6) is 5.75 Å². The molecule has 1 rings (SSSR count). The topological polar surface area (TPSA) is 55.4 Å². The second kappa shape index (κ2) is 7.47. The van der Waals surface area contributed by atoms with Crippen LogP contribution in [-0.2, 0) is 10.0 Å². The van der Waals surface area contributed by atoms with Crippen LogP contribution in [0.3, 0.4) is 0 Å². The number of nitrogens with one attached hydrogen (secondary N) is 1. The Bertz CT molecular complexity index is 562. The predicted octanol–water partition coefficient (Wildman–Crippen LogP) is 3.56. The standard InChI is InChI=1S/C15H24ClNO3S/c1-10(2)13(11(3)4)9-17-21(18,19)15-7-6-12(16)8-14(15)20-5/h6-8,10-11,13,17H,9H2,1-5H3. The van der Waals surface area contributed by atoms with Crippen LogP contribution >= 0.6 is 11.6 Å². The van der Waals surface area contributed by atoms with Crippen molar-refractivity contribution in [3.63, 3.8) is 0 Å². The molecule has 0 saturated carbocycles. The van der Waals surface area contributed by atoms with Crippen LogP contribution in [0.15, 0.2) is 23.1 Å². The van der Waals surface area contributed by atoms with Gasteiger partial charge >= 0.3 is 0 Å². The van der Waals surface area contributed by atoms with E-state index in [4.69, 9.17) is 16.3 Å². The van der Waals surface area contributed by atoms with Gasteiger partial charge in [-0.1, -0.05) is 39.3 Å². The van der Waals surface area contributed by atoms with Crippen molar-refractivity contribution in [3.05, 3.63) is 23.2 Å². The van der Waals surface area contributed by atoms with Gasteiger partial charge in [-0.3, -0.25) is 0 Å². The Hall–Kier alpha value is -0.780. The van der Waals surface area contributed by atoms with Crippen molar-refractivity contribution in [1.82, 2.24) is 4.72 Å². The van der Waals surface area contributed by atoms with Crippen LogP contribution in [-0.4, -0.2) is 22.1 Å². The van der Waals surface area contributed by atoms with Gasteiger partial charge in [0.1, 0.15) is 10.6 Å². The van der Waals surface area contributed by atoms with E-state index in [9.17, 15) is 8.42 Å². The van der Waals surface area contributed by atoms with Gasteiger partial charge in [-0.05, 0) is 29.9 Å². The molecule has 0 fully saturated rings. The largest absolute Gasteiger partial charge is 0.495 e. The Morgan fingerprint density at radius 3 is 2.24 bits per heavy atom. The molecule has 4 nitrogen and oxygen atoms in total. The van der Waals surface area contributed by atoms with Gasteiger partial charge in [0.15, 0.2) is 0 Å². The third kappa shape index (κ3) is 4.87. The average Bonchev–Trinajstić information content (AvgIpc) is 2.37. The molecular formula is C15H24ClNO3S. The number of hydrogen-bond acceptors (Lipinski definition) is 3. The molecule has 0 heterocycles. The van der Waals surface area contributed by atoms with Gasteiger partial charge in [0, 0.05) is 17.6 Å². The Kier molecular flexibility index (Phi) is 6.50. The fourth-order valence-electron chi connectivity index (χ4n) is 2.39. The van der Waals surface area contributed by atoms with Crippen LogP contribution in [0, 0.1) is 17.8 Å². The van der Waals surface area contributed by atoms with E-state index in [1.807, 2.05) is 0 Å². The minimum atomic E-state index is -3.62. The zero-order chi connectivity index (χ0) is 16.2. The van der Waals surface area contributed by atoms with Gasteiger partial charge in [-0.25, -0.2) is 13.1 Å². The summed E-state index contributed by atoms with van der Waals surface area (Å²) in [6.07, 6.45) is 0. The minimum Gasteiger partial charge on any atom is -0.495 e. The molecule has 0 aliphatic heterocycles. The molecule has 1 N–H and O–H groups in total. The van der Waals surface area contributed by atoms with Crippen LogP contribution in [0.2, 0.25) is 5.02 Å². The Morgan fingerprint density at radius 1 is 1.19 bits per heavy atom. The molecule has 120 valence electrons. The van der Waals surface area contributed by atoms with E-state index in [-0.39, 0.29) is 16.6 Å². The summed E-state index contributed by atoms with van der Waals surface area (Å²) in [5.74, 6) is 1.33. The van der Waals surface area contributed by atoms with Gasteiger partial charge in [-0.2, -0.15) is 0 Å². The van der Waals surface area contributed by atoms with Crippen LogP contribution < -0.4 is 9.46 Å².